The van der Waals surface area contributed by atoms with Gasteiger partial charge in [-0.1, -0.05) is 29.8 Å². The second kappa shape index (κ2) is 6.24. The molecular formula is C17H20N2O. The van der Waals surface area contributed by atoms with Crippen LogP contribution in [0.5, 0.6) is 0 Å². The zero-order valence-corrected chi connectivity index (χ0v) is 12.2. The fourth-order valence-corrected chi connectivity index (χ4v) is 2.13. The molecular weight excluding hydrogens is 248 g/mol. The third-order valence-electron chi connectivity index (χ3n) is 3.31. The minimum atomic E-state index is -0.0566. The van der Waals surface area contributed by atoms with Crippen LogP contribution in [0.3, 0.4) is 0 Å². The van der Waals surface area contributed by atoms with Crippen LogP contribution in [0.25, 0.3) is 0 Å². The van der Waals surface area contributed by atoms with Crippen LogP contribution in [0.2, 0.25) is 0 Å². The molecule has 0 unspecified atom stereocenters. The van der Waals surface area contributed by atoms with E-state index >= 15 is 0 Å². The predicted octanol–water partition coefficient (Wildman–Crippen LogP) is 3.28. The Labute approximate surface area is 120 Å². The molecule has 0 aliphatic rings. The molecule has 3 nitrogen and oxygen atoms in total. The molecule has 0 atom stereocenters. The summed E-state index contributed by atoms with van der Waals surface area (Å²) in [5.41, 5.74) is 5.49. The number of benzene rings is 2. The summed E-state index contributed by atoms with van der Waals surface area (Å²) in [6.07, 6.45) is 0. The topological polar surface area (TPSA) is 41.1 Å². The maximum absolute atomic E-state index is 11.5. The first-order valence-electron chi connectivity index (χ1n) is 6.72. The average Bonchev–Trinajstić information content (AvgIpc) is 2.46. The fraction of sp³-hybridized carbons (Fsp3) is 0.235. The second-order valence-electron chi connectivity index (χ2n) is 4.95. The van der Waals surface area contributed by atoms with Gasteiger partial charge in [0.15, 0.2) is 0 Å². The molecule has 0 radical (unpaired) electrons. The van der Waals surface area contributed by atoms with E-state index in [0.717, 1.165) is 17.8 Å². The molecule has 0 spiro atoms. The second-order valence-corrected chi connectivity index (χ2v) is 4.95. The number of hydrogen-bond acceptors (Lipinski definition) is 2. The number of hydrogen-bond donors (Lipinski definition) is 2. The van der Waals surface area contributed by atoms with Gasteiger partial charge in [0.2, 0.25) is 0 Å². The van der Waals surface area contributed by atoms with Crippen molar-refractivity contribution in [3.63, 3.8) is 0 Å². The smallest absolute Gasteiger partial charge is 0.251 e. The minimum Gasteiger partial charge on any atom is -0.381 e. The van der Waals surface area contributed by atoms with Gasteiger partial charge in [-0.15, -0.1) is 0 Å². The molecule has 104 valence electrons. The molecule has 0 bridgehead atoms. The third-order valence-corrected chi connectivity index (χ3v) is 3.31. The van der Waals surface area contributed by atoms with Crippen molar-refractivity contribution in [3.8, 4) is 0 Å². The molecule has 0 aromatic heterocycles. The van der Waals surface area contributed by atoms with Gasteiger partial charge in [0.25, 0.3) is 5.91 Å². The Morgan fingerprint density at radius 3 is 2.35 bits per heavy atom. The molecule has 0 saturated carbocycles. The van der Waals surface area contributed by atoms with Crippen molar-refractivity contribution < 1.29 is 4.79 Å². The van der Waals surface area contributed by atoms with Gasteiger partial charge in [-0.3, -0.25) is 4.79 Å². The van der Waals surface area contributed by atoms with Crippen LogP contribution >= 0.6 is 0 Å². The predicted molar refractivity (Wildman–Crippen MR) is 83.1 cm³/mol. The van der Waals surface area contributed by atoms with Gasteiger partial charge < -0.3 is 10.6 Å². The number of aryl methyl sites for hydroxylation is 2. The fourth-order valence-electron chi connectivity index (χ4n) is 2.13. The Morgan fingerprint density at radius 2 is 1.75 bits per heavy atom. The SMILES string of the molecule is CNC(=O)c1ccc(CNc2ccc(C)cc2C)cc1. The molecule has 20 heavy (non-hydrogen) atoms. The quantitative estimate of drug-likeness (QED) is 0.893. The van der Waals surface area contributed by atoms with Crippen molar-refractivity contribution in [2.24, 2.45) is 0 Å². The Balaban J connectivity index is 2.02. The molecule has 2 rings (SSSR count). The lowest BCUT2D eigenvalue weighted by molar-refractivity contribution is 0.0963. The zero-order chi connectivity index (χ0) is 14.5. The van der Waals surface area contributed by atoms with Gasteiger partial charge in [-0.2, -0.15) is 0 Å². The van der Waals surface area contributed by atoms with E-state index in [-0.39, 0.29) is 5.91 Å². The first-order chi connectivity index (χ1) is 9.60. The largest absolute Gasteiger partial charge is 0.381 e. The summed E-state index contributed by atoms with van der Waals surface area (Å²) in [4.78, 5) is 11.5. The lowest BCUT2D eigenvalue weighted by atomic mass is 10.1. The van der Waals surface area contributed by atoms with Crippen LogP contribution in [-0.4, -0.2) is 13.0 Å². The molecule has 0 aliphatic carbocycles. The average molecular weight is 268 g/mol. The summed E-state index contributed by atoms with van der Waals surface area (Å²) >= 11 is 0. The summed E-state index contributed by atoms with van der Waals surface area (Å²) < 4.78 is 0. The molecule has 2 aromatic carbocycles. The summed E-state index contributed by atoms with van der Waals surface area (Å²) in [7, 11) is 1.64. The molecule has 0 fully saturated rings. The van der Waals surface area contributed by atoms with Gasteiger partial charge in [0.05, 0.1) is 0 Å². The first kappa shape index (κ1) is 14.1. The Morgan fingerprint density at radius 1 is 1.05 bits per heavy atom. The minimum absolute atomic E-state index is 0.0566. The zero-order valence-electron chi connectivity index (χ0n) is 12.2. The van der Waals surface area contributed by atoms with Gasteiger partial charge in [0, 0.05) is 24.8 Å². The molecule has 2 aromatic rings. The van der Waals surface area contributed by atoms with Gasteiger partial charge in [0.1, 0.15) is 0 Å². The van der Waals surface area contributed by atoms with Crippen molar-refractivity contribution >= 4 is 11.6 Å². The van der Waals surface area contributed by atoms with Crippen LogP contribution in [0, 0.1) is 13.8 Å². The van der Waals surface area contributed by atoms with Crippen molar-refractivity contribution in [3.05, 3.63) is 64.7 Å². The molecule has 0 heterocycles. The molecule has 2 N–H and O–H groups in total. The number of carbonyl (C=O) groups excluding carboxylic acids is 1. The first-order valence-corrected chi connectivity index (χ1v) is 6.72. The Hall–Kier alpha value is -2.29. The van der Waals surface area contributed by atoms with Gasteiger partial charge in [-0.25, -0.2) is 0 Å². The Bertz CT molecular complexity index is 603. The number of anilines is 1. The summed E-state index contributed by atoms with van der Waals surface area (Å²) in [5, 5.41) is 6.04. The Kier molecular flexibility index (Phi) is 4.41. The van der Waals surface area contributed by atoms with Crippen LogP contribution in [0.1, 0.15) is 27.0 Å². The summed E-state index contributed by atoms with van der Waals surface area (Å²) in [6.45, 7) is 4.94. The molecule has 1 amide bonds. The van der Waals surface area contributed by atoms with Crippen molar-refractivity contribution in [2.75, 3.05) is 12.4 Å². The van der Waals surface area contributed by atoms with Gasteiger partial charge >= 0.3 is 0 Å². The number of carbonyl (C=O) groups is 1. The summed E-state index contributed by atoms with van der Waals surface area (Å²) in [5.74, 6) is -0.0566. The highest BCUT2D eigenvalue weighted by Crippen LogP contribution is 2.17. The number of nitrogens with one attached hydrogen (secondary N) is 2. The third kappa shape index (κ3) is 3.38. The maximum atomic E-state index is 11.5. The van der Waals surface area contributed by atoms with E-state index in [4.69, 9.17) is 0 Å². The van der Waals surface area contributed by atoms with E-state index in [1.54, 1.807) is 7.05 Å². The van der Waals surface area contributed by atoms with Crippen molar-refractivity contribution in [1.82, 2.24) is 5.32 Å². The highest BCUT2D eigenvalue weighted by atomic mass is 16.1. The molecule has 3 heteroatoms. The van der Waals surface area contributed by atoms with E-state index in [2.05, 4.69) is 42.7 Å². The molecule has 0 aliphatic heterocycles. The normalized spacial score (nSPS) is 10.2. The van der Waals surface area contributed by atoms with E-state index in [0.29, 0.717) is 5.56 Å². The standard InChI is InChI=1S/C17H20N2O/c1-12-4-9-16(13(2)10-12)19-11-14-5-7-15(8-6-14)17(20)18-3/h4-10,19H,11H2,1-3H3,(H,18,20). The van der Waals surface area contributed by atoms with E-state index in [1.807, 2.05) is 24.3 Å². The van der Waals surface area contributed by atoms with E-state index in [1.165, 1.54) is 11.1 Å². The molecule has 0 saturated heterocycles. The number of rotatable bonds is 4. The maximum Gasteiger partial charge on any atom is 0.251 e. The van der Waals surface area contributed by atoms with Gasteiger partial charge in [-0.05, 0) is 43.2 Å². The van der Waals surface area contributed by atoms with E-state index in [9.17, 15) is 4.79 Å². The van der Waals surface area contributed by atoms with Crippen molar-refractivity contribution in [2.45, 2.75) is 20.4 Å². The van der Waals surface area contributed by atoms with Crippen LogP contribution in [0.4, 0.5) is 5.69 Å². The summed E-state index contributed by atoms with van der Waals surface area (Å²) in [6, 6.07) is 14.0. The van der Waals surface area contributed by atoms with Crippen LogP contribution < -0.4 is 10.6 Å². The monoisotopic (exact) mass is 268 g/mol. The highest BCUT2D eigenvalue weighted by molar-refractivity contribution is 5.93. The van der Waals surface area contributed by atoms with Crippen LogP contribution in [-0.2, 0) is 6.54 Å². The van der Waals surface area contributed by atoms with Crippen molar-refractivity contribution in [1.29, 1.82) is 0 Å². The lowest BCUT2D eigenvalue weighted by Crippen LogP contribution is -2.17. The lowest BCUT2D eigenvalue weighted by Gasteiger charge is -2.10. The van der Waals surface area contributed by atoms with Crippen LogP contribution in [0.15, 0.2) is 42.5 Å². The number of amides is 1. The highest BCUT2D eigenvalue weighted by Gasteiger charge is 2.03. The van der Waals surface area contributed by atoms with E-state index < -0.39 is 0 Å².